The average Bonchev–Trinajstić information content (AvgIpc) is 2.93. The summed E-state index contributed by atoms with van der Waals surface area (Å²) < 4.78 is 0. The lowest BCUT2D eigenvalue weighted by Crippen LogP contribution is -2.41. The van der Waals surface area contributed by atoms with Gasteiger partial charge in [-0.25, -0.2) is 4.79 Å². The van der Waals surface area contributed by atoms with Crippen LogP contribution in [-0.2, 0) is 16.0 Å². The van der Waals surface area contributed by atoms with E-state index in [1.807, 2.05) is 62.3 Å². The van der Waals surface area contributed by atoms with Crippen molar-refractivity contribution in [2.45, 2.75) is 24.9 Å². The van der Waals surface area contributed by atoms with Crippen LogP contribution in [0.5, 0.6) is 0 Å². The van der Waals surface area contributed by atoms with Crippen molar-refractivity contribution in [2.75, 3.05) is 39.6 Å². The Bertz CT molecular complexity index is 569. The molecule has 0 spiro atoms. The van der Waals surface area contributed by atoms with Crippen LogP contribution in [0, 0.1) is 0 Å². The Labute approximate surface area is 137 Å². The Morgan fingerprint density at radius 3 is 2.26 bits per heavy atom. The highest BCUT2D eigenvalue weighted by Gasteiger charge is 2.40. The van der Waals surface area contributed by atoms with Crippen molar-refractivity contribution in [3.05, 3.63) is 29.8 Å². The number of hydrogen-bond acceptors (Lipinski definition) is 4. The largest absolute Gasteiger partial charge is 0.480 e. The number of rotatable bonds is 5. The van der Waals surface area contributed by atoms with Crippen molar-refractivity contribution < 1.29 is 14.7 Å². The number of carbonyl (C=O) groups is 2. The molecule has 2 atom stereocenters. The van der Waals surface area contributed by atoms with Crippen molar-refractivity contribution in [3.8, 4) is 0 Å². The van der Waals surface area contributed by atoms with E-state index in [1.54, 1.807) is 0 Å². The lowest BCUT2D eigenvalue weighted by molar-refractivity contribution is -0.148. The van der Waals surface area contributed by atoms with Crippen LogP contribution in [0.1, 0.15) is 12.0 Å². The third-order valence-electron chi connectivity index (χ3n) is 4.42. The Balaban J connectivity index is 2.07. The maximum atomic E-state index is 12.6. The lowest BCUT2D eigenvalue weighted by Gasteiger charge is -2.22. The number of likely N-dealkylation sites (tertiary alicyclic amines) is 1. The first-order valence-electron chi connectivity index (χ1n) is 7.74. The third kappa shape index (κ3) is 4.01. The fraction of sp³-hybridized carbons (Fsp3) is 0.529. The normalized spacial score (nSPS) is 20.8. The van der Waals surface area contributed by atoms with Gasteiger partial charge in [-0.05, 0) is 38.2 Å². The van der Waals surface area contributed by atoms with Crippen LogP contribution >= 0.6 is 0 Å². The van der Waals surface area contributed by atoms with Crippen LogP contribution in [0.15, 0.2) is 24.3 Å². The summed E-state index contributed by atoms with van der Waals surface area (Å²) >= 11 is 0. The molecule has 0 radical (unpaired) electrons. The van der Waals surface area contributed by atoms with Gasteiger partial charge in [-0.2, -0.15) is 0 Å². The summed E-state index contributed by atoms with van der Waals surface area (Å²) in [5.74, 6) is -1.05. The number of hydrogen-bond donors (Lipinski definition) is 1. The van der Waals surface area contributed by atoms with Crippen LogP contribution in [0.3, 0.4) is 0 Å². The molecule has 1 aromatic carbocycles. The van der Waals surface area contributed by atoms with Gasteiger partial charge in [-0.3, -0.25) is 4.79 Å². The molecular formula is C17H25N3O3. The zero-order chi connectivity index (χ0) is 17.1. The lowest BCUT2D eigenvalue weighted by atomic mass is 10.1. The Hall–Kier alpha value is -2.08. The molecule has 1 fully saturated rings. The molecule has 2 rings (SSSR count). The quantitative estimate of drug-likeness (QED) is 0.874. The number of carbonyl (C=O) groups excluding carboxylic acids is 1. The van der Waals surface area contributed by atoms with Crippen molar-refractivity contribution in [1.82, 2.24) is 9.80 Å². The first-order valence-corrected chi connectivity index (χ1v) is 7.74. The van der Waals surface area contributed by atoms with Crippen LogP contribution < -0.4 is 4.90 Å². The van der Waals surface area contributed by atoms with Gasteiger partial charge in [0.25, 0.3) is 0 Å². The molecule has 1 aliphatic heterocycles. The molecule has 23 heavy (non-hydrogen) atoms. The topological polar surface area (TPSA) is 64.1 Å². The van der Waals surface area contributed by atoms with E-state index in [-0.39, 0.29) is 18.4 Å². The predicted molar refractivity (Wildman–Crippen MR) is 89.7 cm³/mol. The Morgan fingerprint density at radius 1 is 1.17 bits per heavy atom. The average molecular weight is 319 g/mol. The standard InChI is InChI=1S/C17H25N3O3/c1-18(2)13-7-5-12(6-8-13)9-16(21)20-11-14(19(3)4)10-15(20)17(22)23/h5-8,14-15H,9-11H2,1-4H3,(H,22,23)/t14-,15+/m1/s1. The molecular weight excluding hydrogens is 294 g/mol. The summed E-state index contributed by atoms with van der Waals surface area (Å²) in [7, 11) is 7.75. The van der Waals surface area contributed by atoms with E-state index < -0.39 is 12.0 Å². The SMILES string of the molecule is CN(C)c1ccc(CC(=O)N2C[C@H](N(C)C)C[C@H]2C(=O)O)cc1. The number of benzene rings is 1. The summed E-state index contributed by atoms with van der Waals surface area (Å²) in [6, 6.07) is 7.13. The highest BCUT2D eigenvalue weighted by Crippen LogP contribution is 2.22. The molecule has 0 aromatic heterocycles. The van der Waals surface area contributed by atoms with Gasteiger partial charge < -0.3 is 19.8 Å². The van der Waals surface area contributed by atoms with E-state index in [0.717, 1.165) is 11.3 Å². The smallest absolute Gasteiger partial charge is 0.326 e. The molecule has 0 unspecified atom stereocenters. The molecule has 126 valence electrons. The van der Waals surface area contributed by atoms with Gasteiger partial charge in [0.1, 0.15) is 6.04 Å². The summed E-state index contributed by atoms with van der Waals surface area (Å²) in [4.78, 5) is 29.5. The van der Waals surface area contributed by atoms with Crippen molar-refractivity contribution in [1.29, 1.82) is 0 Å². The van der Waals surface area contributed by atoms with Gasteiger partial charge in [0, 0.05) is 32.4 Å². The highest BCUT2D eigenvalue weighted by atomic mass is 16.4. The van der Waals surface area contributed by atoms with E-state index in [9.17, 15) is 14.7 Å². The number of amides is 1. The fourth-order valence-electron chi connectivity index (χ4n) is 2.89. The first kappa shape index (κ1) is 17.3. The zero-order valence-electron chi connectivity index (χ0n) is 14.2. The van der Waals surface area contributed by atoms with E-state index in [0.29, 0.717) is 13.0 Å². The molecule has 6 heteroatoms. The van der Waals surface area contributed by atoms with Crippen molar-refractivity contribution in [3.63, 3.8) is 0 Å². The summed E-state index contributed by atoms with van der Waals surface area (Å²) in [6.45, 7) is 0.471. The second-order valence-corrected chi connectivity index (χ2v) is 6.49. The van der Waals surface area contributed by atoms with Crippen molar-refractivity contribution >= 4 is 17.6 Å². The van der Waals surface area contributed by atoms with Gasteiger partial charge in [0.2, 0.25) is 5.91 Å². The van der Waals surface area contributed by atoms with Gasteiger partial charge in [-0.1, -0.05) is 12.1 Å². The molecule has 0 bridgehead atoms. The zero-order valence-corrected chi connectivity index (χ0v) is 14.2. The summed E-state index contributed by atoms with van der Waals surface area (Å²) in [5.41, 5.74) is 1.97. The number of carboxylic acid groups (broad SMARTS) is 1. The van der Waals surface area contributed by atoms with Crippen molar-refractivity contribution in [2.24, 2.45) is 0 Å². The second kappa shape index (κ2) is 7.00. The number of nitrogens with zero attached hydrogens (tertiary/aromatic N) is 3. The van der Waals surface area contributed by atoms with E-state index in [2.05, 4.69) is 0 Å². The number of aliphatic carboxylic acids is 1. The molecule has 1 aromatic rings. The third-order valence-corrected chi connectivity index (χ3v) is 4.42. The minimum Gasteiger partial charge on any atom is -0.480 e. The van der Waals surface area contributed by atoms with E-state index >= 15 is 0 Å². The highest BCUT2D eigenvalue weighted by molar-refractivity contribution is 5.85. The van der Waals surface area contributed by atoms with Gasteiger partial charge in [0.05, 0.1) is 6.42 Å². The van der Waals surface area contributed by atoms with E-state index in [4.69, 9.17) is 0 Å². The first-order chi connectivity index (χ1) is 10.8. The second-order valence-electron chi connectivity index (χ2n) is 6.49. The van der Waals surface area contributed by atoms with Crippen LogP contribution in [-0.4, -0.2) is 73.6 Å². The van der Waals surface area contributed by atoms with Gasteiger partial charge in [-0.15, -0.1) is 0 Å². The van der Waals surface area contributed by atoms with Crippen LogP contribution in [0.2, 0.25) is 0 Å². The van der Waals surface area contributed by atoms with Crippen LogP contribution in [0.25, 0.3) is 0 Å². The summed E-state index contributed by atoms with van der Waals surface area (Å²) in [5, 5.41) is 9.38. The molecule has 1 N–H and O–H groups in total. The minimum absolute atomic E-state index is 0.0937. The summed E-state index contributed by atoms with van der Waals surface area (Å²) in [6.07, 6.45) is 0.714. The molecule has 1 saturated heterocycles. The molecule has 1 heterocycles. The maximum Gasteiger partial charge on any atom is 0.326 e. The molecule has 0 saturated carbocycles. The predicted octanol–water partition coefficient (Wildman–Crippen LogP) is 0.911. The molecule has 6 nitrogen and oxygen atoms in total. The number of carboxylic acids is 1. The Morgan fingerprint density at radius 2 is 1.78 bits per heavy atom. The monoisotopic (exact) mass is 319 g/mol. The Kier molecular flexibility index (Phi) is 5.26. The van der Waals surface area contributed by atoms with E-state index in [1.165, 1.54) is 4.90 Å². The minimum atomic E-state index is -0.925. The number of likely N-dealkylation sites (N-methyl/N-ethyl adjacent to an activating group) is 1. The van der Waals surface area contributed by atoms with Gasteiger partial charge in [0.15, 0.2) is 0 Å². The molecule has 1 amide bonds. The van der Waals surface area contributed by atoms with Gasteiger partial charge >= 0.3 is 5.97 Å². The van der Waals surface area contributed by atoms with Crippen LogP contribution in [0.4, 0.5) is 5.69 Å². The number of anilines is 1. The molecule has 0 aliphatic carbocycles. The maximum absolute atomic E-state index is 12.6. The molecule has 1 aliphatic rings. The fourth-order valence-corrected chi connectivity index (χ4v) is 2.89.